The highest BCUT2D eigenvalue weighted by Gasteiger charge is 2.35. The molecule has 2 aliphatic heterocycles. The van der Waals surface area contributed by atoms with Crippen LogP contribution in [0.5, 0.6) is 0 Å². The summed E-state index contributed by atoms with van der Waals surface area (Å²) in [5.74, 6) is 0.998. The largest absolute Gasteiger partial charge is 0.381 e. The van der Waals surface area contributed by atoms with E-state index < -0.39 is 0 Å². The molecule has 7 heteroatoms. The number of benzene rings is 1. The Morgan fingerprint density at radius 1 is 1.39 bits per heavy atom. The Balaban J connectivity index is 1.63. The van der Waals surface area contributed by atoms with Crippen molar-refractivity contribution in [2.24, 2.45) is 4.99 Å². The highest BCUT2D eigenvalue weighted by Crippen LogP contribution is 2.35. The number of nitrogens with zero attached hydrogens (tertiary/aromatic N) is 2. The zero-order valence-electron chi connectivity index (χ0n) is 16.8. The first-order chi connectivity index (χ1) is 13.6. The van der Waals surface area contributed by atoms with E-state index >= 15 is 0 Å². The monoisotopic (exact) mass is 406 g/mol. The Morgan fingerprint density at radius 2 is 2.18 bits per heavy atom. The number of amides is 1. The van der Waals surface area contributed by atoms with E-state index in [1.54, 1.807) is 7.05 Å². The number of hydrogen-bond donors (Lipinski definition) is 2. The summed E-state index contributed by atoms with van der Waals surface area (Å²) in [5, 5.41) is 7.76. The zero-order valence-corrected chi connectivity index (χ0v) is 17.6. The lowest BCUT2D eigenvalue weighted by molar-refractivity contribution is -0.129. The van der Waals surface area contributed by atoms with Crippen LogP contribution < -0.4 is 10.6 Å². The predicted molar refractivity (Wildman–Crippen MR) is 113 cm³/mol. The number of ether oxygens (including phenoxy) is 1. The predicted octanol–water partition coefficient (Wildman–Crippen LogP) is 2.56. The minimum atomic E-state index is -0.0271. The van der Waals surface area contributed by atoms with Gasteiger partial charge < -0.3 is 20.3 Å². The molecule has 28 heavy (non-hydrogen) atoms. The lowest BCUT2D eigenvalue weighted by Gasteiger charge is -2.38. The van der Waals surface area contributed by atoms with Gasteiger partial charge in [-0.2, -0.15) is 0 Å². The van der Waals surface area contributed by atoms with E-state index in [0.717, 1.165) is 63.1 Å². The lowest BCUT2D eigenvalue weighted by atomic mass is 9.74. The van der Waals surface area contributed by atoms with Crippen molar-refractivity contribution in [1.82, 2.24) is 15.5 Å². The van der Waals surface area contributed by atoms with Crippen molar-refractivity contribution in [3.05, 3.63) is 34.9 Å². The van der Waals surface area contributed by atoms with Gasteiger partial charge in [0.15, 0.2) is 5.96 Å². The van der Waals surface area contributed by atoms with E-state index in [2.05, 4.69) is 27.8 Å². The minimum absolute atomic E-state index is 0.0271. The van der Waals surface area contributed by atoms with Crippen molar-refractivity contribution < 1.29 is 9.53 Å². The van der Waals surface area contributed by atoms with Crippen LogP contribution in [-0.2, 0) is 14.9 Å². The Morgan fingerprint density at radius 3 is 2.86 bits per heavy atom. The van der Waals surface area contributed by atoms with Crippen LogP contribution >= 0.6 is 11.6 Å². The van der Waals surface area contributed by atoms with Gasteiger partial charge in [-0.15, -0.1) is 0 Å². The van der Waals surface area contributed by atoms with E-state index in [1.165, 1.54) is 5.56 Å². The van der Waals surface area contributed by atoms with Gasteiger partial charge in [0.1, 0.15) is 0 Å². The van der Waals surface area contributed by atoms with Gasteiger partial charge in [-0.3, -0.25) is 9.79 Å². The molecule has 0 spiro atoms. The third-order valence-corrected chi connectivity index (χ3v) is 6.12. The number of hydrogen-bond acceptors (Lipinski definition) is 3. The van der Waals surface area contributed by atoms with E-state index in [-0.39, 0.29) is 17.4 Å². The number of rotatable bonds is 5. The first kappa shape index (κ1) is 20.9. The minimum Gasteiger partial charge on any atom is -0.381 e. The second kappa shape index (κ2) is 9.61. The smallest absolute Gasteiger partial charge is 0.222 e. The molecule has 2 N–H and O–H groups in total. The average Bonchev–Trinajstić information content (AvgIpc) is 3.19. The summed E-state index contributed by atoms with van der Waals surface area (Å²) >= 11 is 6.26. The van der Waals surface area contributed by atoms with E-state index in [4.69, 9.17) is 16.3 Å². The molecule has 0 saturated carbocycles. The molecular formula is C21H31ClN4O2. The van der Waals surface area contributed by atoms with Crippen LogP contribution in [0.25, 0.3) is 0 Å². The zero-order chi connectivity index (χ0) is 20.0. The van der Waals surface area contributed by atoms with Gasteiger partial charge in [0.05, 0.1) is 0 Å². The third kappa shape index (κ3) is 4.97. The fraction of sp³-hybridized carbons (Fsp3) is 0.619. The van der Waals surface area contributed by atoms with Crippen molar-refractivity contribution >= 4 is 23.5 Å². The molecule has 1 aromatic rings. The van der Waals surface area contributed by atoms with E-state index in [1.807, 2.05) is 24.0 Å². The maximum atomic E-state index is 11.9. The van der Waals surface area contributed by atoms with Crippen LogP contribution in [0.1, 0.15) is 38.2 Å². The molecule has 3 rings (SSSR count). The molecule has 154 valence electrons. The summed E-state index contributed by atoms with van der Waals surface area (Å²) in [6, 6.07) is 8.38. The summed E-state index contributed by atoms with van der Waals surface area (Å²) in [6.07, 6.45) is 3.39. The highest BCUT2D eigenvalue weighted by atomic mass is 35.5. The van der Waals surface area contributed by atoms with Gasteiger partial charge in [0.2, 0.25) is 5.91 Å². The van der Waals surface area contributed by atoms with Crippen molar-refractivity contribution in [3.63, 3.8) is 0 Å². The fourth-order valence-electron chi connectivity index (χ4n) is 4.12. The van der Waals surface area contributed by atoms with Crippen LogP contribution in [0.3, 0.4) is 0 Å². The van der Waals surface area contributed by atoms with Gasteiger partial charge in [-0.1, -0.05) is 30.7 Å². The molecule has 2 fully saturated rings. The molecular weight excluding hydrogens is 376 g/mol. The maximum Gasteiger partial charge on any atom is 0.222 e. The van der Waals surface area contributed by atoms with Crippen LogP contribution in [0, 0.1) is 0 Å². The number of carbonyl (C=O) groups excluding carboxylic acids is 1. The van der Waals surface area contributed by atoms with Crippen LogP contribution in [0.4, 0.5) is 0 Å². The highest BCUT2D eigenvalue weighted by molar-refractivity contribution is 6.30. The van der Waals surface area contributed by atoms with Crippen LogP contribution in [0.2, 0.25) is 5.02 Å². The average molecular weight is 407 g/mol. The number of halogens is 1. The molecule has 0 radical (unpaired) electrons. The SMILES string of the molecule is CCC(=O)N1CCC(NC(=NC)NCC2(c3cccc(Cl)c3)CCOCC2)C1. The summed E-state index contributed by atoms with van der Waals surface area (Å²) in [6.45, 7) is 5.72. The molecule has 2 heterocycles. The fourth-order valence-corrected chi connectivity index (χ4v) is 4.31. The third-order valence-electron chi connectivity index (χ3n) is 5.89. The lowest BCUT2D eigenvalue weighted by Crippen LogP contribution is -2.50. The summed E-state index contributed by atoms with van der Waals surface area (Å²) < 4.78 is 5.62. The number of nitrogens with one attached hydrogen (secondary N) is 2. The summed E-state index contributed by atoms with van der Waals surface area (Å²) in [7, 11) is 1.79. The maximum absolute atomic E-state index is 11.9. The molecule has 1 atom stereocenters. The number of guanidine groups is 1. The van der Waals surface area contributed by atoms with Crippen LogP contribution in [0.15, 0.2) is 29.3 Å². The Labute approximate surface area is 172 Å². The summed E-state index contributed by atoms with van der Waals surface area (Å²) in [4.78, 5) is 18.2. The van der Waals surface area contributed by atoms with E-state index in [9.17, 15) is 4.79 Å². The summed E-state index contributed by atoms with van der Waals surface area (Å²) in [5.41, 5.74) is 1.22. The van der Waals surface area contributed by atoms with Crippen LogP contribution in [-0.4, -0.2) is 62.7 Å². The normalized spacial score (nSPS) is 22.2. The van der Waals surface area contributed by atoms with E-state index in [0.29, 0.717) is 6.42 Å². The molecule has 1 amide bonds. The number of carbonyl (C=O) groups is 1. The second-order valence-corrected chi connectivity index (χ2v) is 8.09. The molecule has 2 aliphatic rings. The number of aliphatic imine (C=N–C) groups is 1. The van der Waals surface area contributed by atoms with Gasteiger partial charge >= 0.3 is 0 Å². The van der Waals surface area contributed by atoms with Gasteiger partial charge in [-0.05, 0) is 37.0 Å². The first-order valence-corrected chi connectivity index (χ1v) is 10.5. The van der Waals surface area contributed by atoms with Crippen molar-refractivity contribution in [2.45, 2.75) is 44.1 Å². The second-order valence-electron chi connectivity index (χ2n) is 7.65. The van der Waals surface area contributed by atoms with Crippen molar-refractivity contribution in [3.8, 4) is 0 Å². The van der Waals surface area contributed by atoms with Gasteiger partial charge in [-0.25, -0.2) is 0 Å². The standard InChI is InChI=1S/C21H31ClN4O2/c1-3-19(27)26-10-7-18(14-26)25-20(23-2)24-15-21(8-11-28-12-9-21)16-5-4-6-17(22)13-16/h4-6,13,18H,3,7-12,14-15H2,1-2H3,(H2,23,24,25). The molecule has 1 unspecified atom stereocenters. The van der Waals surface area contributed by atoms with Crippen molar-refractivity contribution in [2.75, 3.05) is 39.9 Å². The molecule has 0 aliphatic carbocycles. The Hall–Kier alpha value is -1.79. The molecule has 0 aromatic heterocycles. The van der Waals surface area contributed by atoms with Crippen molar-refractivity contribution in [1.29, 1.82) is 0 Å². The first-order valence-electron chi connectivity index (χ1n) is 10.1. The number of likely N-dealkylation sites (tertiary alicyclic amines) is 1. The quantitative estimate of drug-likeness (QED) is 0.582. The van der Waals surface area contributed by atoms with Gasteiger partial charge in [0.25, 0.3) is 0 Å². The molecule has 2 saturated heterocycles. The van der Waals surface area contributed by atoms with Gasteiger partial charge in [0, 0.05) is 62.8 Å². The Bertz CT molecular complexity index is 703. The topological polar surface area (TPSA) is 66.0 Å². The Kier molecular flexibility index (Phi) is 7.18. The molecule has 1 aromatic carbocycles. The molecule has 6 nitrogen and oxygen atoms in total. The molecule has 0 bridgehead atoms.